The average molecular weight is 365 g/mol. The molecule has 3 heteroatoms. The minimum atomic E-state index is 0.183. The van der Waals surface area contributed by atoms with Crippen molar-refractivity contribution in [1.29, 1.82) is 0 Å². The molecule has 19 heavy (non-hydrogen) atoms. The van der Waals surface area contributed by atoms with E-state index in [1.54, 1.807) is 0 Å². The van der Waals surface area contributed by atoms with Crippen LogP contribution < -0.4 is 10.1 Å². The zero-order valence-corrected chi connectivity index (χ0v) is 13.0. The Morgan fingerprint density at radius 2 is 2.05 bits per heavy atom. The molecular weight excluding hydrogens is 349 g/mol. The predicted octanol–water partition coefficient (Wildman–Crippen LogP) is 3.53. The van der Waals surface area contributed by atoms with Crippen molar-refractivity contribution in [1.82, 2.24) is 5.32 Å². The molecule has 2 aromatic carbocycles. The van der Waals surface area contributed by atoms with Gasteiger partial charge in [-0.3, -0.25) is 0 Å². The number of hydrogen-bond acceptors (Lipinski definition) is 2. The lowest BCUT2D eigenvalue weighted by Crippen LogP contribution is -2.18. The van der Waals surface area contributed by atoms with Crippen LogP contribution in [0.2, 0.25) is 0 Å². The molecule has 2 aromatic rings. The molecule has 98 valence electrons. The van der Waals surface area contributed by atoms with Crippen LogP contribution in [0.25, 0.3) is 0 Å². The summed E-state index contributed by atoms with van der Waals surface area (Å²) in [6.07, 6.45) is 1.02. The van der Waals surface area contributed by atoms with Crippen LogP contribution in [0.15, 0.2) is 42.5 Å². The number of rotatable bonds is 3. The molecule has 1 aliphatic rings. The maximum absolute atomic E-state index is 5.82. The van der Waals surface area contributed by atoms with E-state index in [-0.39, 0.29) is 6.04 Å². The Morgan fingerprint density at radius 3 is 2.84 bits per heavy atom. The molecule has 0 saturated carbocycles. The fourth-order valence-electron chi connectivity index (χ4n) is 2.66. The fourth-order valence-corrected chi connectivity index (χ4v) is 3.22. The molecule has 1 aliphatic heterocycles. The lowest BCUT2D eigenvalue weighted by Gasteiger charge is -2.20. The Kier molecular flexibility index (Phi) is 3.75. The van der Waals surface area contributed by atoms with Crippen LogP contribution in [0.4, 0.5) is 0 Å². The molecule has 0 radical (unpaired) electrons. The lowest BCUT2D eigenvalue weighted by molar-refractivity contribution is 0.351. The highest BCUT2D eigenvalue weighted by atomic mass is 127. The molecule has 0 spiro atoms. The van der Waals surface area contributed by atoms with Crippen LogP contribution >= 0.6 is 22.6 Å². The summed E-state index contributed by atoms with van der Waals surface area (Å²) in [7, 11) is 2.00. The normalized spacial score (nSPS) is 14.8. The average Bonchev–Trinajstić information content (AvgIpc) is 2.89. The van der Waals surface area contributed by atoms with Crippen molar-refractivity contribution < 1.29 is 4.74 Å². The van der Waals surface area contributed by atoms with Gasteiger partial charge in [-0.25, -0.2) is 0 Å². The minimum absolute atomic E-state index is 0.183. The maximum atomic E-state index is 5.82. The number of nitrogens with one attached hydrogen (secondary N) is 1. The molecule has 1 heterocycles. The SMILES string of the molecule is CNC(c1cccc(I)c1)c1cccc2c1OCC2. The van der Waals surface area contributed by atoms with Crippen molar-refractivity contribution in [3.8, 4) is 5.75 Å². The summed E-state index contributed by atoms with van der Waals surface area (Å²) in [6.45, 7) is 0.801. The summed E-state index contributed by atoms with van der Waals surface area (Å²) in [5, 5.41) is 3.41. The molecule has 2 nitrogen and oxygen atoms in total. The van der Waals surface area contributed by atoms with Gasteiger partial charge in [0, 0.05) is 15.6 Å². The molecule has 0 aliphatic carbocycles. The van der Waals surface area contributed by atoms with Crippen molar-refractivity contribution >= 4 is 22.6 Å². The molecule has 0 bridgehead atoms. The van der Waals surface area contributed by atoms with E-state index in [9.17, 15) is 0 Å². The van der Waals surface area contributed by atoms with Crippen molar-refractivity contribution in [2.45, 2.75) is 12.5 Å². The minimum Gasteiger partial charge on any atom is -0.493 e. The highest BCUT2D eigenvalue weighted by Gasteiger charge is 2.22. The maximum Gasteiger partial charge on any atom is 0.127 e. The molecule has 1 N–H and O–H groups in total. The van der Waals surface area contributed by atoms with Crippen LogP contribution in [-0.4, -0.2) is 13.7 Å². The van der Waals surface area contributed by atoms with Crippen molar-refractivity contribution in [3.63, 3.8) is 0 Å². The van der Waals surface area contributed by atoms with Gasteiger partial charge in [0.1, 0.15) is 5.75 Å². The van der Waals surface area contributed by atoms with Gasteiger partial charge in [0.2, 0.25) is 0 Å². The zero-order valence-electron chi connectivity index (χ0n) is 10.8. The van der Waals surface area contributed by atoms with E-state index >= 15 is 0 Å². The third kappa shape index (κ3) is 2.49. The van der Waals surface area contributed by atoms with Gasteiger partial charge in [0.25, 0.3) is 0 Å². The second-order valence-corrected chi connectivity index (χ2v) is 5.96. The standard InChI is InChI=1S/C16H16INO/c1-18-15(12-5-2-6-13(17)10-12)14-7-3-4-11-8-9-19-16(11)14/h2-7,10,15,18H,8-9H2,1H3. The summed E-state index contributed by atoms with van der Waals surface area (Å²) < 4.78 is 7.08. The first kappa shape index (κ1) is 12.9. The number of hydrogen-bond donors (Lipinski definition) is 1. The Balaban J connectivity index is 2.06. The van der Waals surface area contributed by atoms with Gasteiger partial charge in [0.05, 0.1) is 12.6 Å². The van der Waals surface area contributed by atoms with Gasteiger partial charge in [-0.05, 0) is 52.9 Å². The fraction of sp³-hybridized carbons (Fsp3) is 0.250. The summed E-state index contributed by atoms with van der Waals surface area (Å²) in [5.41, 5.74) is 3.83. The molecular formula is C16H16INO. The largest absolute Gasteiger partial charge is 0.493 e. The number of fused-ring (bicyclic) bond motifs is 1. The third-order valence-corrected chi connectivity index (χ3v) is 4.20. The molecule has 0 aromatic heterocycles. The third-order valence-electron chi connectivity index (χ3n) is 3.53. The van der Waals surface area contributed by atoms with E-state index in [1.165, 1.54) is 20.3 Å². The predicted molar refractivity (Wildman–Crippen MR) is 85.7 cm³/mol. The van der Waals surface area contributed by atoms with Gasteiger partial charge in [-0.15, -0.1) is 0 Å². The van der Waals surface area contributed by atoms with Crippen molar-refractivity contribution in [2.24, 2.45) is 0 Å². The lowest BCUT2D eigenvalue weighted by atomic mass is 9.96. The first-order valence-electron chi connectivity index (χ1n) is 6.47. The summed E-state index contributed by atoms with van der Waals surface area (Å²) >= 11 is 2.35. The van der Waals surface area contributed by atoms with Crippen LogP contribution in [0.5, 0.6) is 5.75 Å². The van der Waals surface area contributed by atoms with Crippen LogP contribution in [0, 0.1) is 3.57 Å². The van der Waals surface area contributed by atoms with E-state index in [1.807, 2.05) is 7.05 Å². The van der Waals surface area contributed by atoms with Crippen molar-refractivity contribution in [3.05, 3.63) is 62.7 Å². The van der Waals surface area contributed by atoms with E-state index in [4.69, 9.17) is 4.74 Å². The highest BCUT2D eigenvalue weighted by molar-refractivity contribution is 14.1. The molecule has 0 saturated heterocycles. The summed E-state index contributed by atoms with van der Waals surface area (Å²) in [6, 6.07) is 15.2. The number of ether oxygens (including phenoxy) is 1. The van der Waals surface area contributed by atoms with Gasteiger partial charge in [-0.1, -0.05) is 30.3 Å². The van der Waals surface area contributed by atoms with E-state index in [0.717, 1.165) is 18.8 Å². The molecule has 0 fully saturated rings. The topological polar surface area (TPSA) is 21.3 Å². The number of benzene rings is 2. The van der Waals surface area contributed by atoms with E-state index < -0.39 is 0 Å². The second kappa shape index (κ2) is 5.51. The molecule has 1 unspecified atom stereocenters. The Labute approximate surface area is 127 Å². The van der Waals surface area contributed by atoms with Gasteiger partial charge < -0.3 is 10.1 Å². The van der Waals surface area contributed by atoms with Crippen LogP contribution in [0.1, 0.15) is 22.7 Å². The van der Waals surface area contributed by atoms with E-state index in [2.05, 4.69) is 70.4 Å². The summed E-state index contributed by atoms with van der Waals surface area (Å²) in [5.74, 6) is 1.07. The molecule has 0 amide bonds. The Hall–Kier alpha value is -1.07. The highest BCUT2D eigenvalue weighted by Crippen LogP contribution is 2.36. The van der Waals surface area contributed by atoms with Gasteiger partial charge in [-0.2, -0.15) is 0 Å². The van der Waals surface area contributed by atoms with Crippen LogP contribution in [0.3, 0.4) is 0 Å². The first-order valence-corrected chi connectivity index (χ1v) is 7.55. The Bertz CT molecular complexity index is 597. The quantitative estimate of drug-likeness (QED) is 0.841. The number of para-hydroxylation sites is 1. The van der Waals surface area contributed by atoms with Crippen molar-refractivity contribution in [2.75, 3.05) is 13.7 Å². The molecule has 1 atom stereocenters. The smallest absolute Gasteiger partial charge is 0.127 e. The summed E-state index contributed by atoms with van der Waals surface area (Å²) in [4.78, 5) is 0. The number of halogens is 1. The van der Waals surface area contributed by atoms with Gasteiger partial charge >= 0.3 is 0 Å². The second-order valence-electron chi connectivity index (χ2n) is 4.71. The first-order chi connectivity index (χ1) is 9.29. The Morgan fingerprint density at radius 1 is 1.21 bits per heavy atom. The molecule has 3 rings (SSSR count). The van der Waals surface area contributed by atoms with Gasteiger partial charge in [0.15, 0.2) is 0 Å². The van der Waals surface area contributed by atoms with Crippen LogP contribution in [-0.2, 0) is 6.42 Å². The zero-order chi connectivity index (χ0) is 13.2. The van der Waals surface area contributed by atoms with E-state index in [0.29, 0.717) is 0 Å². The monoisotopic (exact) mass is 365 g/mol.